The van der Waals surface area contributed by atoms with E-state index in [-0.39, 0.29) is 5.57 Å². The zero-order chi connectivity index (χ0) is 19.8. The van der Waals surface area contributed by atoms with E-state index < -0.39 is 5.91 Å². The minimum Gasteiger partial charge on any atom is -0.493 e. The van der Waals surface area contributed by atoms with E-state index in [0.717, 1.165) is 6.42 Å². The molecule has 1 N–H and O–H groups in total. The summed E-state index contributed by atoms with van der Waals surface area (Å²) in [7, 11) is 4.51. The van der Waals surface area contributed by atoms with Crippen molar-refractivity contribution in [1.29, 1.82) is 5.26 Å². The molecule has 0 heterocycles. The predicted octanol–water partition coefficient (Wildman–Crippen LogP) is 3.82. The van der Waals surface area contributed by atoms with Gasteiger partial charge >= 0.3 is 0 Å². The molecule has 6 nitrogen and oxygen atoms in total. The Bertz CT molecular complexity index is 855. The molecule has 140 valence electrons. The normalized spacial score (nSPS) is 10.7. The van der Waals surface area contributed by atoms with Gasteiger partial charge in [-0.1, -0.05) is 19.1 Å². The molecule has 27 heavy (non-hydrogen) atoms. The summed E-state index contributed by atoms with van der Waals surface area (Å²) in [5.41, 5.74) is 2.34. The van der Waals surface area contributed by atoms with Gasteiger partial charge in [0, 0.05) is 5.69 Å². The van der Waals surface area contributed by atoms with Gasteiger partial charge in [0.05, 0.1) is 21.3 Å². The van der Waals surface area contributed by atoms with Crippen LogP contribution in [0.15, 0.2) is 42.0 Å². The minimum atomic E-state index is -0.490. The number of carbonyl (C=O) groups is 1. The summed E-state index contributed by atoms with van der Waals surface area (Å²) in [6.45, 7) is 2.06. The van der Waals surface area contributed by atoms with E-state index in [0.29, 0.717) is 28.5 Å². The number of benzene rings is 2. The average molecular weight is 366 g/mol. The summed E-state index contributed by atoms with van der Waals surface area (Å²) < 4.78 is 15.9. The largest absolute Gasteiger partial charge is 0.493 e. The van der Waals surface area contributed by atoms with Crippen molar-refractivity contribution in [2.75, 3.05) is 26.6 Å². The van der Waals surface area contributed by atoms with Crippen LogP contribution in [0.4, 0.5) is 5.69 Å². The highest BCUT2D eigenvalue weighted by Crippen LogP contribution is 2.38. The van der Waals surface area contributed by atoms with Gasteiger partial charge in [-0.3, -0.25) is 4.79 Å². The van der Waals surface area contributed by atoms with Gasteiger partial charge in [0.1, 0.15) is 11.6 Å². The maximum Gasteiger partial charge on any atom is 0.266 e. The van der Waals surface area contributed by atoms with Gasteiger partial charge in [0.15, 0.2) is 11.5 Å². The molecule has 0 unspecified atom stereocenters. The molecule has 1 amide bonds. The van der Waals surface area contributed by atoms with E-state index in [1.54, 1.807) is 12.1 Å². The van der Waals surface area contributed by atoms with Gasteiger partial charge in [0.2, 0.25) is 5.75 Å². The monoisotopic (exact) mass is 366 g/mol. The molecular formula is C21H22N2O4. The van der Waals surface area contributed by atoms with Crippen molar-refractivity contribution in [3.63, 3.8) is 0 Å². The SMILES string of the molecule is CCc1ccc(NC(=O)/C(C#N)=C\c2cc(OC)c(OC)c(OC)c2)cc1. The van der Waals surface area contributed by atoms with Gasteiger partial charge in [-0.2, -0.15) is 5.26 Å². The van der Waals surface area contributed by atoms with E-state index in [1.165, 1.54) is 33.0 Å². The van der Waals surface area contributed by atoms with Crippen molar-refractivity contribution >= 4 is 17.7 Å². The summed E-state index contributed by atoms with van der Waals surface area (Å²) >= 11 is 0. The second-order valence-electron chi connectivity index (χ2n) is 5.63. The van der Waals surface area contributed by atoms with Gasteiger partial charge < -0.3 is 19.5 Å². The summed E-state index contributed by atoms with van der Waals surface area (Å²) in [5.74, 6) is 0.832. The number of rotatable bonds is 7. The number of hydrogen-bond donors (Lipinski definition) is 1. The molecule has 6 heteroatoms. The van der Waals surface area contributed by atoms with Gasteiger partial charge in [-0.15, -0.1) is 0 Å². The zero-order valence-electron chi connectivity index (χ0n) is 15.8. The van der Waals surface area contributed by atoms with E-state index in [4.69, 9.17) is 14.2 Å². The van der Waals surface area contributed by atoms with Crippen LogP contribution in [0.3, 0.4) is 0 Å². The van der Waals surface area contributed by atoms with Gasteiger partial charge in [-0.05, 0) is 47.9 Å². The number of methoxy groups -OCH3 is 3. The highest BCUT2D eigenvalue weighted by molar-refractivity contribution is 6.09. The molecule has 0 saturated carbocycles. The quantitative estimate of drug-likeness (QED) is 0.595. The summed E-state index contributed by atoms with van der Waals surface area (Å²) in [4.78, 5) is 12.4. The molecule has 0 aromatic heterocycles. The van der Waals surface area contributed by atoms with Crippen LogP contribution in [-0.4, -0.2) is 27.2 Å². The lowest BCUT2D eigenvalue weighted by Gasteiger charge is -2.13. The molecule has 0 saturated heterocycles. The Morgan fingerprint density at radius 2 is 1.67 bits per heavy atom. The van der Waals surface area contributed by atoms with Gasteiger partial charge in [0.25, 0.3) is 5.91 Å². The van der Waals surface area contributed by atoms with E-state index in [1.807, 2.05) is 30.3 Å². The first kappa shape index (κ1) is 19.9. The molecule has 0 spiro atoms. The van der Waals surface area contributed by atoms with Crippen molar-refractivity contribution in [2.45, 2.75) is 13.3 Å². The Morgan fingerprint density at radius 3 is 2.11 bits per heavy atom. The molecule has 0 fully saturated rings. The third kappa shape index (κ3) is 4.79. The van der Waals surface area contributed by atoms with Crippen LogP contribution >= 0.6 is 0 Å². The molecule has 0 aliphatic rings. The molecule has 2 rings (SSSR count). The van der Waals surface area contributed by atoms with Crippen molar-refractivity contribution < 1.29 is 19.0 Å². The van der Waals surface area contributed by atoms with Crippen molar-refractivity contribution in [3.05, 3.63) is 53.1 Å². The Morgan fingerprint density at radius 1 is 1.07 bits per heavy atom. The second kappa shape index (κ2) is 9.30. The lowest BCUT2D eigenvalue weighted by Crippen LogP contribution is -2.13. The number of carbonyl (C=O) groups excluding carboxylic acids is 1. The van der Waals surface area contributed by atoms with Crippen LogP contribution in [0.25, 0.3) is 6.08 Å². The van der Waals surface area contributed by atoms with Crippen LogP contribution in [0.1, 0.15) is 18.1 Å². The van der Waals surface area contributed by atoms with Crippen molar-refractivity contribution in [2.24, 2.45) is 0 Å². The van der Waals surface area contributed by atoms with E-state index in [2.05, 4.69) is 12.2 Å². The average Bonchev–Trinajstić information content (AvgIpc) is 2.71. The number of nitrogens with one attached hydrogen (secondary N) is 1. The predicted molar refractivity (Wildman–Crippen MR) is 104 cm³/mol. The molecular weight excluding hydrogens is 344 g/mol. The van der Waals surface area contributed by atoms with E-state index in [9.17, 15) is 10.1 Å². The number of anilines is 1. The minimum absolute atomic E-state index is 0.0381. The summed E-state index contributed by atoms with van der Waals surface area (Å²) in [6.07, 6.45) is 2.39. The Balaban J connectivity index is 2.31. The Kier molecular flexibility index (Phi) is 6.84. The van der Waals surface area contributed by atoms with Crippen molar-refractivity contribution in [3.8, 4) is 23.3 Å². The molecule has 0 aliphatic heterocycles. The molecule has 0 atom stereocenters. The lowest BCUT2D eigenvalue weighted by molar-refractivity contribution is -0.112. The fourth-order valence-corrected chi connectivity index (χ4v) is 2.52. The number of amides is 1. The molecule has 0 bridgehead atoms. The van der Waals surface area contributed by atoms with Crippen molar-refractivity contribution in [1.82, 2.24) is 0 Å². The smallest absolute Gasteiger partial charge is 0.266 e. The maximum atomic E-state index is 12.4. The molecule has 0 radical (unpaired) electrons. The van der Waals surface area contributed by atoms with Crippen LogP contribution < -0.4 is 19.5 Å². The van der Waals surface area contributed by atoms with Crippen LogP contribution in [-0.2, 0) is 11.2 Å². The number of nitriles is 1. The lowest BCUT2D eigenvalue weighted by atomic mass is 10.1. The fourth-order valence-electron chi connectivity index (χ4n) is 2.52. The number of ether oxygens (including phenoxy) is 3. The fraction of sp³-hybridized carbons (Fsp3) is 0.238. The number of nitrogens with zero attached hydrogens (tertiary/aromatic N) is 1. The zero-order valence-corrected chi connectivity index (χ0v) is 15.8. The number of hydrogen-bond acceptors (Lipinski definition) is 5. The van der Waals surface area contributed by atoms with E-state index >= 15 is 0 Å². The Hall–Kier alpha value is -3.46. The molecule has 2 aromatic carbocycles. The first-order chi connectivity index (χ1) is 13.1. The molecule has 2 aromatic rings. The highest BCUT2D eigenvalue weighted by atomic mass is 16.5. The first-order valence-corrected chi connectivity index (χ1v) is 8.38. The molecule has 0 aliphatic carbocycles. The first-order valence-electron chi connectivity index (χ1n) is 8.38. The second-order valence-corrected chi connectivity index (χ2v) is 5.63. The highest BCUT2D eigenvalue weighted by Gasteiger charge is 2.15. The topological polar surface area (TPSA) is 80.6 Å². The Labute approximate surface area is 159 Å². The van der Waals surface area contributed by atoms with Crippen LogP contribution in [0.5, 0.6) is 17.2 Å². The van der Waals surface area contributed by atoms with Crippen LogP contribution in [0.2, 0.25) is 0 Å². The van der Waals surface area contributed by atoms with Gasteiger partial charge in [-0.25, -0.2) is 0 Å². The summed E-state index contributed by atoms with van der Waals surface area (Å²) in [6, 6.07) is 12.8. The number of aryl methyl sites for hydroxylation is 1. The maximum absolute atomic E-state index is 12.4. The summed E-state index contributed by atoms with van der Waals surface area (Å²) in [5, 5.41) is 12.1. The van der Waals surface area contributed by atoms with Crippen LogP contribution in [0, 0.1) is 11.3 Å². The third-order valence-corrected chi connectivity index (χ3v) is 3.98. The third-order valence-electron chi connectivity index (χ3n) is 3.98. The standard InChI is InChI=1S/C21H22N2O4/c1-5-14-6-8-17(9-7-14)23-21(24)16(13-22)10-15-11-18(25-2)20(27-4)19(12-15)26-3/h6-12H,5H2,1-4H3,(H,23,24)/b16-10-.